The van der Waals surface area contributed by atoms with Crippen molar-refractivity contribution in [3.63, 3.8) is 0 Å². The van der Waals surface area contributed by atoms with Crippen molar-refractivity contribution >= 4 is 11.7 Å². The number of amidine groups is 1. The van der Waals surface area contributed by atoms with E-state index >= 15 is 0 Å². The molecule has 7 heteroatoms. The van der Waals surface area contributed by atoms with Gasteiger partial charge in [0.2, 0.25) is 0 Å². The third-order valence-corrected chi connectivity index (χ3v) is 4.60. The highest BCUT2D eigenvalue weighted by Gasteiger charge is 2.46. The molecule has 0 spiro atoms. The Kier molecular flexibility index (Phi) is 5.56. The van der Waals surface area contributed by atoms with Gasteiger partial charge in [-0.05, 0) is 44.2 Å². The zero-order valence-corrected chi connectivity index (χ0v) is 15.2. The lowest BCUT2D eigenvalue weighted by Gasteiger charge is -2.28. The van der Waals surface area contributed by atoms with Crippen molar-refractivity contribution in [1.29, 1.82) is 0 Å². The van der Waals surface area contributed by atoms with Crippen molar-refractivity contribution in [2.75, 3.05) is 5.73 Å². The first-order valence-corrected chi connectivity index (χ1v) is 8.50. The molecule has 1 saturated carbocycles. The van der Waals surface area contributed by atoms with Crippen LogP contribution in [0.3, 0.4) is 0 Å². The van der Waals surface area contributed by atoms with Gasteiger partial charge in [-0.25, -0.2) is 9.97 Å². The van der Waals surface area contributed by atoms with Crippen molar-refractivity contribution in [1.82, 2.24) is 15.0 Å². The van der Waals surface area contributed by atoms with Crippen LogP contribution in [-0.4, -0.2) is 26.0 Å². The van der Waals surface area contributed by atoms with Crippen molar-refractivity contribution in [2.45, 2.75) is 46.0 Å². The molecule has 0 aliphatic heterocycles. The summed E-state index contributed by atoms with van der Waals surface area (Å²) < 4.78 is 0. The number of nitrogens with two attached hydrogens (primary N) is 2. The summed E-state index contributed by atoms with van der Waals surface area (Å²) in [4.78, 5) is 13.0. The van der Waals surface area contributed by atoms with Gasteiger partial charge < -0.3 is 16.7 Å². The monoisotopic (exact) mass is 342 g/mol. The van der Waals surface area contributed by atoms with E-state index in [1.807, 2.05) is 39.8 Å². The number of aromatic nitrogens is 3. The molecule has 7 nitrogen and oxygen atoms in total. The maximum absolute atomic E-state index is 9.12. The number of anilines is 1. The van der Waals surface area contributed by atoms with Gasteiger partial charge in [0.05, 0.1) is 23.0 Å². The zero-order chi connectivity index (χ0) is 18.6. The number of hydrogen-bond acceptors (Lipinski definition) is 6. The third kappa shape index (κ3) is 3.55. The van der Waals surface area contributed by atoms with Crippen LogP contribution in [0.15, 0.2) is 29.7 Å². The number of rotatable bonds is 4. The Morgan fingerprint density at radius 2 is 1.92 bits per heavy atom. The molecule has 2 aromatic heterocycles. The molecular weight excluding hydrogens is 316 g/mol. The smallest absolute Gasteiger partial charge is 0.149 e. The topological polar surface area (TPSA) is 123 Å². The first kappa shape index (κ1) is 18.6. The van der Waals surface area contributed by atoms with E-state index in [2.05, 4.69) is 20.1 Å². The summed E-state index contributed by atoms with van der Waals surface area (Å²) in [6, 6.07) is 3.84. The van der Waals surface area contributed by atoms with Crippen LogP contribution in [-0.2, 0) is 5.41 Å². The summed E-state index contributed by atoms with van der Waals surface area (Å²) in [5.74, 6) is 0.984. The van der Waals surface area contributed by atoms with E-state index in [-0.39, 0.29) is 5.84 Å². The second-order valence-electron chi connectivity index (χ2n) is 6.12. The predicted molar refractivity (Wildman–Crippen MR) is 99.2 cm³/mol. The molecule has 0 aromatic carbocycles. The summed E-state index contributed by atoms with van der Waals surface area (Å²) >= 11 is 0. The molecule has 5 N–H and O–H groups in total. The van der Waals surface area contributed by atoms with E-state index in [4.69, 9.17) is 16.7 Å². The van der Waals surface area contributed by atoms with Gasteiger partial charge in [0.1, 0.15) is 17.3 Å². The Hall–Kier alpha value is -2.70. The summed E-state index contributed by atoms with van der Waals surface area (Å²) in [5, 5.41) is 12.3. The quantitative estimate of drug-likeness (QED) is 0.340. The van der Waals surface area contributed by atoms with E-state index < -0.39 is 5.41 Å². The molecule has 0 amide bonds. The minimum absolute atomic E-state index is 0.220. The lowest BCUT2D eigenvalue weighted by Crippen LogP contribution is -2.40. The zero-order valence-electron chi connectivity index (χ0n) is 15.2. The van der Waals surface area contributed by atoms with Gasteiger partial charge >= 0.3 is 0 Å². The van der Waals surface area contributed by atoms with Crippen molar-refractivity contribution in [2.24, 2.45) is 16.8 Å². The number of oxime groups is 1. The molecule has 2 heterocycles. The van der Waals surface area contributed by atoms with Crippen LogP contribution in [0.1, 0.15) is 44.9 Å². The van der Waals surface area contributed by atoms with E-state index in [0.29, 0.717) is 17.4 Å². The van der Waals surface area contributed by atoms with Crippen LogP contribution in [0, 0.1) is 12.8 Å². The minimum Gasteiger partial charge on any atom is -0.409 e. The number of pyridine rings is 1. The Morgan fingerprint density at radius 3 is 2.40 bits per heavy atom. The Balaban J connectivity index is 0.00000109. The highest BCUT2D eigenvalue weighted by atomic mass is 16.4. The maximum atomic E-state index is 9.12. The number of aryl methyl sites for hydroxylation is 1. The van der Waals surface area contributed by atoms with Crippen LogP contribution in [0.2, 0.25) is 0 Å². The molecule has 25 heavy (non-hydrogen) atoms. The van der Waals surface area contributed by atoms with Crippen molar-refractivity contribution in [3.05, 3.63) is 35.8 Å². The van der Waals surface area contributed by atoms with Gasteiger partial charge in [-0.2, -0.15) is 0 Å². The van der Waals surface area contributed by atoms with Gasteiger partial charge in [0.15, 0.2) is 0 Å². The molecular formula is C18H26N6O. The first-order chi connectivity index (χ1) is 12.0. The fourth-order valence-electron chi connectivity index (χ4n) is 2.95. The average molecular weight is 342 g/mol. The number of nitrogen functional groups attached to an aromatic ring is 1. The molecule has 0 radical (unpaired) electrons. The molecule has 1 fully saturated rings. The molecule has 2 aromatic rings. The summed E-state index contributed by atoms with van der Waals surface area (Å²) in [6.07, 6.45) is 5.42. The van der Waals surface area contributed by atoms with Gasteiger partial charge in [0, 0.05) is 6.20 Å². The average Bonchev–Trinajstić information content (AvgIpc) is 3.48. The molecule has 134 valence electrons. The van der Waals surface area contributed by atoms with Crippen molar-refractivity contribution in [3.8, 4) is 11.4 Å². The highest BCUT2D eigenvalue weighted by Crippen LogP contribution is 2.47. The molecule has 0 unspecified atom stereocenters. The molecule has 0 saturated heterocycles. The molecule has 1 aliphatic carbocycles. The lowest BCUT2D eigenvalue weighted by atomic mass is 9.77. The number of hydrogen-bond donors (Lipinski definition) is 3. The van der Waals surface area contributed by atoms with E-state index in [9.17, 15) is 0 Å². The second-order valence-corrected chi connectivity index (χ2v) is 6.12. The second kappa shape index (κ2) is 7.46. The summed E-state index contributed by atoms with van der Waals surface area (Å²) in [5.41, 5.74) is 14.2. The summed E-state index contributed by atoms with van der Waals surface area (Å²) in [7, 11) is 0. The van der Waals surface area contributed by atoms with Crippen LogP contribution in [0.5, 0.6) is 0 Å². The largest absolute Gasteiger partial charge is 0.409 e. The first-order valence-electron chi connectivity index (χ1n) is 8.50. The Labute approximate surface area is 148 Å². The molecule has 3 rings (SSSR count). The van der Waals surface area contributed by atoms with Gasteiger partial charge in [-0.3, -0.25) is 4.98 Å². The minimum atomic E-state index is -0.498. The predicted octanol–water partition coefficient (Wildman–Crippen LogP) is 2.87. The fourth-order valence-corrected chi connectivity index (χ4v) is 2.95. The van der Waals surface area contributed by atoms with E-state index in [0.717, 1.165) is 29.8 Å². The third-order valence-electron chi connectivity index (χ3n) is 4.60. The molecule has 1 aliphatic rings. The standard InChI is InChI=1S/C16H20N6O.C2H6/c1-9-14(20-8-13(17)21-9)12-6-5-11(7-19-12)16(2,10-3-4-10)15(18)22-23;1-2/h5-8,10,23H,3-4H2,1-2H3,(H2,17,21)(H2,18,22);1-2H3/t16-;/m1./s1. The fraction of sp³-hybridized carbons (Fsp3) is 0.444. The highest BCUT2D eigenvalue weighted by molar-refractivity contribution is 5.91. The van der Waals surface area contributed by atoms with Crippen molar-refractivity contribution < 1.29 is 5.21 Å². The van der Waals surface area contributed by atoms with E-state index in [1.165, 1.54) is 6.20 Å². The maximum Gasteiger partial charge on any atom is 0.149 e. The molecule has 1 atom stereocenters. The van der Waals surface area contributed by atoms with Crippen LogP contribution in [0.25, 0.3) is 11.4 Å². The molecule has 0 bridgehead atoms. The van der Waals surface area contributed by atoms with Gasteiger partial charge in [-0.15, -0.1) is 0 Å². The Morgan fingerprint density at radius 1 is 1.24 bits per heavy atom. The normalized spacial score (nSPS) is 16.6. The Bertz CT molecular complexity index is 755. The number of nitrogens with zero attached hydrogens (tertiary/aromatic N) is 4. The van der Waals surface area contributed by atoms with Gasteiger partial charge in [0.25, 0.3) is 0 Å². The van der Waals surface area contributed by atoms with E-state index in [1.54, 1.807) is 6.20 Å². The van der Waals surface area contributed by atoms with Crippen LogP contribution in [0.4, 0.5) is 5.82 Å². The van der Waals surface area contributed by atoms with Crippen LogP contribution >= 0.6 is 0 Å². The van der Waals surface area contributed by atoms with Crippen LogP contribution < -0.4 is 11.5 Å². The lowest BCUT2D eigenvalue weighted by molar-refractivity contribution is 0.310. The van der Waals surface area contributed by atoms with Gasteiger partial charge in [-0.1, -0.05) is 25.1 Å². The SMILES string of the molecule is CC.Cc1nc(N)cnc1-c1ccc([C@](C)(/C(N)=N/O)C2CC2)cn1. The summed E-state index contributed by atoms with van der Waals surface area (Å²) in [6.45, 7) is 7.84.